The van der Waals surface area contributed by atoms with Crippen LogP contribution in [0.2, 0.25) is 0 Å². The van der Waals surface area contributed by atoms with Crippen LogP contribution in [0.3, 0.4) is 0 Å². The normalized spacial score (nSPS) is 25.0. The second-order valence-electron chi connectivity index (χ2n) is 4.85. The molecule has 0 radical (unpaired) electrons. The lowest BCUT2D eigenvalue weighted by Gasteiger charge is -2.37. The van der Waals surface area contributed by atoms with Crippen LogP contribution in [-0.4, -0.2) is 47.9 Å². The van der Waals surface area contributed by atoms with Crippen LogP contribution in [0, 0.1) is 0 Å². The molecule has 2 saturated heterocycles. The van der Waals surface area contributed by atoms with Gasteiger partial charge in [0.15, 0.2) is 10.9 Å². The number of rotatable bonds is 2. The fourth-order valence-corrected chi connectivity index (χ4v) is 3.64. The largest absolute Gasteiger partial charge is 0.345 e. The maximum absolute atomic E-state index is 11.2. The van der Waals surface area contributed by atoms with Gasteiger partial charge in [0.1, 0.15) is 5.69 Å². The van der Waals surface area contributed by atoms with Gasteiger partial charge in [-0.3, -0.25) is 9.69 Å². The highest BCUT2D eigenvalue weighted by atomic mass is 32.1. The number of carbonyl (C=O) groups is 1. The molecule has 3 rings (SSSR count). The zero-order valence-electron chi connectivity index (χ0n) is 10.1. The molecule has 5 heteroatoms. The van der Waals surface area contributed by atoms with Crippen LogP contribution in [0.5, 0.6) is 0 Å². The van der Waals surface area contributed by atoms with Gasteiger partial charge in [-0.1, -0.05) is 0 Å². The second-order valence-corrected chi connectivity index (χ2v) is 5.69. The Morgan fingerprint density at radius 1 is 1.47 bits per heavy atom. The monoisotopic (exact) mass is 251 g/mol. The number of carbonyl (C=O) groups excluding carboxylic acids is 1. The SMILES string of the molecule is CC(=O)c1csc(N2CCN3CCCC3C2)n1. The summed E-state index contributed by atoms with van der Waals surface area (Å²) >= 11 is 1.59. The van der Waals surface area contributed by atoms with Crippen LogP contribution in [0.25, 0.3) is 0 Å². The number of hydrogen-bond donors (Lipinski definition) is 0. The summed E-state index contributed by atoms with van der Waals surface area (Å²) in [5.74, 6) is 0.0620. The molecule has 4 nitrogen and oxygen atoms in total. The minimum atomic E-state index is 0.0620. The summed E-state index contributed by atoms with van der Waals surface area (Å²) in [7, 11) is 0. The number of thiazole rings is 1. The first-order chi connectivity index (χ1) is 8.24. The van der Waals surface area contributed by atoms with Crippen LogP contribution in [0.15, 0.2) is 5.38 Å². The molecule has 0 bridgehead atoms. The van der Waals surface area contributed by atoms with Crippen LogP contribution >= 0.6 is 11.3 Å². The standard InChI is InChI=1S/C12H17N3OS/c1-9(16)11-8-17-12(13-11)15-6-5-14-4-2-3-10(14)7-15/h8,10H,2-7H2,1H3. The summed E-state index contributed by atoms with van der Waals surface area (Å²) < 4.78 is 0. The van der Waals surface area contributed by atoms with Gasteiger partial charge in [0.25, 0.3) is 0 Å². The predicted molar refractivity (Wildman–Crippen MR) is 68.9 cm³/mol. The first-order valence-corrected chi connectivity index (χ1v) is 7.07. The van der Waals surface area contributed by atoms with Crippen molar-refractivity contribution in [1.82, 2.24) is 9.88 Å². The molecule has 0 amide bonds. The summed E-state index contributed by atoms with van der Waals surface area (Å²) in [6, 6.07) is 0.702. The predicted octanol–water partition coefficient (Wildman–Crippen LogP) is 1.63. The first-order valence-electron chi connectivity index (χ1n) is 6.19. The van der Waals surface area contributed by atoms with E-state index in [0.717, 1.165) is 24.8 Å². The first kappa shape index (κ1) is 11.2. The summed E-state index contributed by atoms with van der Waals surface area (Å²) in [4.78, 5) is 20.6. The molecule has 0 aromatic carbocycles. The van der Waals surface area contributed by atoms with E-state index in [-0.39, 0.29) is 5.78 Å². The topological polar surface area (TPSA) is 36.4 Å². The van der Waals surface area contributed by atoms with Gasteiger partial charge in [-0.2, -0.15) is 0 Å². The van der Waals surface area contributed by atoms with E-state index in [1.54, 1.807) is 18.3 Å². The molecule has 0 aliphatic carbocycles. The minimum Gasteiger partial charge on any atom is -0.345 e. The van der Waals surface area contributed by atoms with Gasteiger partial charge >= 0.3 is 0 Å². The number of aromatic nitrogens is 1. The Morgan fingerprint density at radius 3 is 3.12 bits per heavy atom. The lowest BCUT2D eigenvalue weighted by Crippen LogP contribution is -2.50. The molecule has 17 heavy (non-hydrogen) atoms. The Balaban J connectivity index is 1.73. The van der Waals surface area contributed by atoms with Gasteiger partial charge < -0.3 is 4.90 Å². The van der Waals surface area contributed by atoms with Crippen molar-refractivity contribution in [2.24, 2.45) is 0 Å². The Bertz CT molecular complexity index is 431. The third-order valence-electron chi connectivity index (χ3n) is 3.71. The highest BCUT2D eigenvalue weighted by Gasteiger charge is 2.31. The number of nitrogens with zero attached hydrogens (tertiary/aromatic N) is 3. The molecule has 2 aliphatic heterocycles. The molecule has 92 valence electrons. The molecule has 1 aromatic rings. The van der Waals surface area contributed by atoms with Gasteiger partial charge in [0.05, 0.1) is 0 Å². The molecule has 2 fully saturated rings. The van der Waals surface area contributed by atoms with Crippen molar-refractivity contribution in [1.29, 1.82) is 0 Å². The third kappa shape index (κ3) is 2.09. The van der Waals surface area contributed by atoms with E-state index < -0.39 is 0 Å². The summed E-state index contributed by atoms with van der Waals surface area (Å²) in [5, 5.41) is 2.89. The zero-order chi connectivity index (χ0) is 11.8. The van der Waals surface area contributed by atoms with Gasteiger partial charge in [-0.15, -0.1) is 11.3 Å². The van der Waals surface area contributed by atoms with Crippen LogP contribution in [0.4, 0.5) is 5.13 Å². The summed E-state index contributed by atoms with van der Waals surface area (Å²) in [6.45, 7) is 6.09. The molecule has 2 aliphatic rings. The van der Waals surface area contributed by atoms with Crippen molar-refractivity contribution in [3.63, 3.8) is 0 Å². The maximum atomic E-state index is 11.2. The fraction of sp³-hybridized carbons (Fsp3) is 0.667. The number of Topliss-reactive ketones (excluding diaryl/α,β-unsaturated/α-hetero) is 1. The van der Waals surface area contributed by atoms with Gasteiger partial charge in [-0.05, 0) is 19.4 Å². The Morgan fingerprint density at radius 2 is 2.35 bits per heavy atom. The van der Waals surface area contributed by atoms with Crippen molar-refractivity contribution in [2.75, 3.05) is 31.1 Å². The number of hydrogen-bond acceptors (Lipinski definition) is 5. The average molecular weight is 251 g/mol. The van der Waals surface area contributed by atoms with Crippen molar-refractivity contribution in [2.45, 2.75) is 25.8 Å². The molecule has 0 N–H and O–H groups in total. The summed E-state index contributed by atoms with van der Waals surface area (Å²) in [6.07, 6.45) is 2.64. The van der Waals surface area contributed by atoms with E-state index in [9.17, 15) is 4.79 Å². The van der Waals surface area contributed by atoms with Gasteiger partial charge in [0.2, 0.25) is 0 Å². The molecule has 0 spiro atoms. The third-order valence-corrected chi connectivity index (χ3v) is 4.61. The summed E-state index contributed by atoms with van der Waals surface area (Å²) in [5.41, 5.74) is 0.610. The molecular formula is C12H17N3OS. The molecule has 0 saturated carbocycles. The van der Waals surface area contributed by atoms with E-state index in [0.29, 0.717) is 11.7 Å². The molecule has 1 unspecified atom stereocenters. The lowest BCUT2D eigenvalue weighted by atomic mass is 10.2. The molecule has 1 aromatic heterocycles. The quantitative estimate of drug-likeness (QED) is 0.749. The maximum Gasteiger partial charge on any atom is 0.186 e. The molecular weight excluding hydrogens is 234 g/mol. The van der Waals surface area contributed by atoms with Crippen LogP contribution in [0.1, 0.15) is 30.3 Å². The zero-order valence-corrected chi connectivity index (χ0v) is 10.9. The van der Waals surface area contributed by atoms with E-state index >= 15 is 0 Å². The van der Waals surface area contributed by atoms with Gasteiger partial charge in [0, 0.05) is 38.0 Å². The highest BCUT2D eigenvalue weighted by molar-refractivity contribution is 7.13. The Labute approximate surface area is 105 Å². The highest BCUT2D eigenvalue weighted by Crippen LogP contribution is 2.27. The Hall–Kier alpha value is -0.940. The van der Waals surface area contributed by atoms with E-state index in [2.05, 4.69) is 14.8 Å². The fourth-order valence-electron chi connectivity index (χ4n) is 2.74. The molecule has 3 heterocycles. The minimum absolute atomic E-state index is 0.0620. The average Bonchev–Trinajstić information content (AvgIpc) is 2.97. The number of fused-ring (bicyclic) bond motifs is 1. The van der Waals surface area contributed by atoms with Crippen LogP contribution < -0.4 is 4.90 Å². The van der Waals surface area contributed by atoms with E-state index in [4.69, 9.17) is 0 Å². The van der Waals surface area contributed by atoms with Crippen LogP contribution in [-0.2, 0) is 0 Å². The van der Waals surface area contributed by atoms with E-state index in [1.807, 2.05) is 5.38 Å². The van der Waals surface area contributed by atoms with E-state index in [1.165, 1.54) is 19.4 Å². The van der Waals surface area contributed by atoms with Crippen molar-refractivity contribution >= 4 is 22.3 Å². The number of anilines is 1. The van der Waals surface area contributed by atoms with Crippen molar-refractivity contribution in [3.05, 3.63) is 11.1 Å². The second kappa shape index (κ2) is 4.38. The van der Waals surface area contributed by atoms with Crippen molar-refractivity contribution < 1.29 is 4.79 Å². The number of piperazine rings is 1. The smallest absolute Gasteiger partial charge is 0.186 e. The van der Waals surface area contributed by atoms with Gasteiger partial charge in [-0.25, -0.2) is 4.98 Å². The lowest BCUT2D eigenvalue weighted by molar-refractivity contribution is 0.101. The molecule has 1 atom stereocenters. The van der Waals surface area contributed by atoms with Crippen molar-refractivity contribution in [3.8, 4) is 0 Å². The number of ketones is 1. The Kier molecular flexibility index (Phi) is 2.88.